The Bertz CT molecular complexity index is 650. The number of benzene rings is 1. The predicted molar refractivity (Wildman–Crippen MR) is 112 cm³/mol. The molecule has 0 saturated carbocycles. The lowest BCUT2D eigenvalue weighted by molar-refractivity contribution is -0.138. The van der Waals surface area contributed by atoms with Crippen LogP contribution < -0.4 is 5.32 Å². The van der Waals surface area contributed by atoms with Gasteiger partial charge in [0.15, 0.2) is 0 Å². The van der Waals surface area contributed by atoms with E-state index in [1.165, 1.54) is 24.8 Å². The Hall–Kier alpha value is -1.62. The molecule has 2 heterocycles. The van der Waals surface area contributed by atoms with Gasteiger partial charge in [-0.15, -0.1) is 0 Å². The summed E-state index contributed by atoms with van der Waals surface area (Å²) in [6, 6.07) is 6.33. The first-order valence-corrected chi connectivity index (χ1v) is 10.7. The van der Waals surface area contributed by atoms with Crippen LogP contribution in [0, 0.1) is 11.8 Å². The van der Waals surface area contributed by atoms with Gasteiger partial charge in [-0.05, 0) is 67.3 Å². The minimum absolute atomic E-state index is 0.308. The van der Waals surface area contributed by atoms with Crippen LogP contribution in [0.25, 0.3) is 0 Å². The third-order valence-corrected chi connectivity index (χ3v) is 6.41. The monoisotopic (exact) mass is 368 g/mol. The van der Waals surface area contributed by atoms with Crippen LogP contribution in [0.3, 0.4) is 0 Å². The Labute approximate surface area is 164 Å². The molecule has 1 N–H and O–H groups in total. The minimum atomic E-state index is 0.308. The Morgan fingerprint density at radius 2 is 2.15 bits per heavy atom. The van der Waals surface area contributed by atoms with Crippen molar-refractivity contribution in [1.82, 2.24) is 10.2 Å². The van der Waals surface area contributed by atoms with Gasteiger partial charge in [0.2, 0.25) is 5.91 Å². The SMILES string of the molecule is BC[C@H](C)c1ccc(CC2CN(C(=O)CC3CCCCNC3)C2)c(C=O)c1. The third-order valence-electron chi connectivity index (χ3n) is 6.41. The van der Waals surface area contributed by atoms with Crippen molar-refractivity contribution in [3.8, 4) is 0 Å². The molecule has 0 aromatic heterocycles. The average molecular weight is 368 g/mol. The molecule has 146 valence electrons. The molecule has 2 aliphatic rings. The number of rotatable bonds is 7. The van der Waals surface area contributed by atoms with E-state index in [4.69, 9.17) is 0 Å². The predicted octanol–water partition coefficient (Wildman–Crippen LogP) is 2.43. The van der Waals surface area contributed by atoms with Gasteiger partial charge in [0.05, 0.1) is 0 Å². The Morgan fingerprint density at radius 1 is 1.33 bits per heavy atom. The number of carbonyl (C=O) groups excluding carboxylic acids is 2. The van der Waals surface area contributed by atoms with Gasteiger partial charge in [-0.1, -0.05) is 31.8 Å². The molecule has 1 unspecified atom stereocenters. The molecule has 5 heteroatoms. The van der Waals surface area contributed by atoms with Crippen molar-refractivity contribution in [2.24, 2.45) is 11.8 Å². The maximum atomic E-state index is 12.5. The Morgan fingerprint density at radius 3 is 2.89 bits per heavy atom. The molecule has 1 aromatic rings. The van der Waals surface area contributed by atoms with E-state index in [-0.39, 0.29) is 0 Å². The largest absolute Gasteiger partial charge is 0.342 e. The number of nitrogens with one attached hydrogen (secondary N) is 1. The second kappa shape index (κ2) is 9.54. The molecule has 0 aliphatic carbocycles. The number of carbonyl (C=O) groups is 2. The highest BCUT2D eigenvalue weighted by Gasteiger charge is 2.32. The van der Waals surface area contributed by atoms with E-state index >= 15 is 0 Å². The average Bonchev–Trinajstić information content (AvgIpc) is 2.92. The molecule has 0 bridgehead atoms. The molecule has 2 aliphatic heterocycles. The van der Waals surface area contributed by atoms with Gasteiger partial charge < -0.3 is 10.2 Å². The van der Waals surface area contributed by atoms with Crippen LogP contribution in [0.4, 0.5) is 0 Å². The summed E-state index contributed by atoms with van der Waals surface area (Å²) in [5.41, 5.74) is 3.19. The van der Waals surface area contributed by atoms with Gasteiger partial charge in [-0.2, -0.15) is 0 Å². The number of hydrogen-bond donors (Lipinski definition) is 1. The molecular weight excluding hydrogens is 335 g/mol. The molecule has 2 saturated heterocycles. The quantitative estimate of drug-likeness (QED) is 0.594. The van der Waals surface area contributed by atoms with Gasteiger partial charge in [0.1, 0.15) is 14.1 Å². The lowest BCUT2D eigenvalue weighted by Crippen LogP contribution is -2.51. The topological polar surface area (TPSA) is 49.4 Å². The van der Waals surface area contributed by atoms with Crippen molar-refractivity contribution < 1.29 is 9.59 Å². The smallest absolute Gasteiger partial charge is 0.222 e. The summed E-state index contributed by atoms with van der Waals surface area (Å²) >= 11 is 0. The molecule has 2 fully saturated rings. The zero-order valence-electron chi connectivity index (χ0n) is 16.9. The van der Waals surface area contributed by atoms with Crippen LogP contribution in [0.1, 0.15) is 60.0 Å². The van der Waals surface area contributed by atoms with Gasteiger partial charge in [0.25, 0.3) is 0 Å². The van der Waals surface area contributed by atoms with E-state index in [1.54, 1.807) is 0 Å². The first-order chi connectivity index (χ1) is 13.1. The standard InChI is InChI=1S/C22H33BN2O2/c1-16(11-23)19-5-6-20(21(10-19)15-26)8-18-13-25(14-18)22(27)9-17-4-2-3-7-24-12-17/h5-6,10,15-18,24H,2-4,7-9,11-14,23H2,1H3/t16-,17?/m0/s1. The van der Waals surface area contributed by atoms with E-state index < -0.39 is 0 Å². The summed E-state index contributed by atoms with van der Waals surface area (Å²) in [6.45, 7) is 5.94. The fourth-order valence-electron chi connectivity index (χ4n) is 4.31. The first kappa shape index (κ1) is 20.1. The maximum absolute atomic E-state index is 12.5. The zero-order chi connectivity index (χ0) is 19.2. The minimum Gasteiger partial charge on any atom is -0.342 e. The summed E-state index contributed by atoms with van der Waals surface area (Å²) in [7, 11) is 2.17. The summed E-state index contributed by atoms with van der Waals surface area (Å²) in [5, 5.41) is 3.44. The van der Waals surface area contributed by atoms with E-state index in [2.05, 4.69) is 38.3 Å². The molecule has 2 atom stereocenters. The van der Waals surface area contributed by atoms with Crippen LogP contribution in [0.5, 0.6) is 0 Å². The number of nitrogens with zero attached hydrogens (tertiary/aromatic N) is 1. The van der Waals surface area contributed by atoms with Crippen molar-refractivity contribution in [3.63, 3.8) is 0 Å². The highest BCUT2D eigenvalue weighted by atomic mass is 16.2. The Kier molecular flexibility index (Phi) is 7.11. The van der Waals surface area contributed by atoms with Crippen molar-refractivity contribution in [1.29, 1.82) is 0 Å². The number of hydrogen-bond acceptors (Lipinski definition) is 3. The van der Waals surface area contributed by atoms with Crippen LogP contribution in [-0.4, -0.2) is 51.1 Å². The lowest BCUT2D eigenvalue weighted by Gasteiger charge is -2.40. The van der Waals surface area contributed by atoms with Crippen LogP contribution in [0.2, 0.25) is 6.32 Å². The number of likely N-dealkylation sites (tertiary alicyclic amines) is 1. The van der Waals surface area contributed by atoms with Crippen molar-refractivity contribution in [3.05, 3.63) is 34.9 Å². The lowest BCUT2D eigenvalue weighted by atomic mass is 9.84. The molecule has 4 nitrogen and oxygen atoms in total. The summed E-state index contributed by atoms with van der Waals surface area (Å²) in [4.78, 5) is 26.1. The van der Waals surface area contributed by atoms with Crippen LogP contribution in [-0.2, 0) is 11.2 Å². The van der Waals surface area contributed by atoms with Gasteiger partial charge in [-0.25, -0.2) is 0 Å². The van der Waals surface area contributed by atoms with E-state index in [0.29, 0.717) is 30.1 Å². The third kappa shape index (κ3) is 5.22. The van der Waals surface area contributed by atoms with Crippen LogP contribution in [0.15, 0.2) is 18.2 Å². The van der Waals surface area contributed by atoms with Crippen LogP contribution >= 0.6 is 0 Å². The van der Waals surface area contributed by atoms with Crippen molar-refractivity contribution in [2.75, 3.05) is 26.2 Å². The zero-order valence-corrected chi connectivity index (χ0v) is 16.9. The van der Waals surface area contributed by atoms with Gasteiger partial charge in [0, 0.05) is 25.1 Å². The molecule has 1 aromatic carbocycles. The summed E-state index contributed by atoms with van der Waals surface area (Å²) in [5.74, 6) is 1.76. The summed E-state index contributed by atoms with van der Waals surface area (Å²) < 4.78 is 0. The number of amides is 1. The first-order valence-electron chi connectivity index (χ1n) is 10.7. The molecule has 1 amide bonds. The van der Waals surface area contributed by atoms with E-state index in [1.807, 2.05) is 4.90 Å². The fraction of sp³-hybridized carbons (Fsp3) is 0.636. The second-order valence-electron chi connectivity index (χ2n) is 8.52. The molecule has 0 spiro atoms. The van der Waals surface area contributed by atoms with Gasteiger partial charge >= 0.3 is 0 Å². The second-order valence-corrected chi connectivity index (χ2v) is 8.52. The molecule has 3 rings (SSSR count). The molecule has 0 radical (unpaired) electrons. The molecule has 27 heavy (non-hydrogen) atoms. The van der Waals surface area contributed by atoms with Crippen molar-refractivity contribution in [2.45, 2.75) is 51.3 Å². The molecular formula is C22H33BN2O2. The normalized spacial score (nSPS) is 22.0. The number of aldehydes is 1. The summed E-state index contributed by atoms with van der Waals surface area (Å²) in [6.07, 6.45) is 7.27. The van der Waals surface area contributed by atoms with E-state index in [0.717, 1.165) is 56.3 Å². The van der Waals surface area contributed by atoms with Gasteiger partial charge in [-0.3, -0.25) is 9.59 Å². The highest BCUT2D eigenvalue weighted by Crippen LogP contribution is 2.27. The van der Waals surface area contributed by atoms with Crippen molar-refractivity contribution >= 4 is 20.0 Å². The fourth-order valence-corrected chi connectivity index (χ4v) is 4.31. The van der Waals surface area contributed by atoms with E-state index in [9.17, 15) is 9.59 Å². The highest BCUT2D eigenvalue weighted by molar-refractivity contribution is 6.09. The maximum Gasteiger partial charge on any atom is 0.222 e. The Balaban J connectivity index is 1.49.